The highest BCUT2D eigenvalue weighted by molar-refractivity contribution is 5.83. The molecule has 0 amide bonds. The van der Waals surface area contributed by atoms with Crippen molar-refractivity contribution in [2.45, 2.75) is 40.5 Å². The maximum Gasteiger partial charge on any atom is 0.0117 e. The Hall–Kier alpha value is -0.330. The highest BCUT2D eigenvalue weighted by Gasteiger charge is 2.06. The minimum atomic E-state index is 0.439. The van der Waals surface area contributed by atoms with E-state index in [-0.39, 0.29) is 0 Å². The summed E-state index contributed by atoms with van der Waals surface area (Å²) in [7, 11) is 0. The zero-order chi connectivity index (χ0) is 8.15. The van der Waals surface area contributed by atoms with Crippen molar-refractivity contribution in [2.75, 3.05) is 0 Å². The lowest BCUT2D eigenvalue weighted by Gasteiger charge is -2.11. The topological polar surface area (TPSA) is 23.9 Å². The van der Waals surface area contributed by atoms with Gasteiger partial charge in [0.25, 0.3) is 0 Å². The Bertz CT molecular complexity index is 105. The lowest BCUT2D eigenvalue weighted by atomic mass is 9.95. The van der Waals surface area contributed by atoms with Crippen LogP contribution in [0, 0.1) is 17.2 Å². The largest absolute Gasteiger partial charge is 0.309 e. The quantitative estimate of drug-likeness (QED) is 0.582. The summed E-state index contributed by atoms with van der Waals surface area (Å²) in [6.45, 7) is 8.56. The molecule has 0 rings (SSSR count). The van der Waals surface area contributed by atoms with Crippen molar-refractivity contribution in [3.63, 3.8) is 0 Å². The van der Waals surface area contributed by atoms with Gasteiger partial charge in [-0.1, -0.05) is 34.1 Å². The first kappa shape index (κ1) is 9.67. The summed E-state index contributed by atoms with van der Waals surface area (Å²) in [4.78, 5) is 0. The van der Waals surface area contributed by atoms with Crippen LogP contribution in [0.25, 0.3) is 0 Å². The van der Waals surface area contributed by atoms with Gasteiger partial charge in [-0.15, -0.1) is 0 Å². The van der Waals surface area contributed by atoms with E-state index < -0.39 is 0 Å². The van der Waals surface area contributed by atoms with E-state index in [9.17, 15) is 0 Å². The molecule has 1 heteroatoms. The molecular formula is C9H19N. The fourth-order valence-electron chi connectivity index (χ4n) is 0.755. The number of hydrogen-bond donors (Lipinski definition) is 1. The minimum absolute atomic E-state index is 0.439. The van der Waals surface area contributed by atoms with E-state index in [4.69, 9.17) is 5.41 Å². The Kier molecular flexibility index (Phi) is 4.33. The molecule has 0 aliphatic rings. The smallest absolute Gasteiger partial charge is 0.0117 e. The van der Waals surface area contributed by atoms with E-state index in [1.807, 2.05) is 0 Å². The van der Waals surface area contributed by atoms with Crippen LogP contribution in [-0.2, 0) is 0 Å². The summed E-state index contributed by atoms with van der Waals surface area (Å²) in [6, 6.07) is 0. The van der Waals surface area contributed by atoms with Gasteiger partial charge in [0.15, 0.2) is 0 Å². The van der Waals surface area contributed by atoms with Crippen LogP contribution in [0.2, 0.25) is 0 Å². The fraction of sp³-hybridized carbons (Fsp3) is 0.889. The minimum Gasteiger partial charge on any atom is -0.309 e. The van der Waals surface area contributed by atoms with Gasteiger partial charge in [-0.2, -0.15) is 0 Å². The maximum absolute atomic E-state index is 7.58. The van der Waals surface area contributed by atoms with Gasteiger partial charge in [0.1, 0.15) is 0 Å². The van der Waals surface area contributed by atoms with Gasteiger partial charge in [0.05, 0.1) is 0 Å². The first-order chi connectivity index (χ1) is 4.57. The number of rotatable bonds is 4. The normalized spacial score (nSPS) is 13.7. The van der Waals surface area contributed by atoms with Crippen molar-refractivity contribution < 1.29 is 0 Å². The van der Waals surface area contributed by atoms with E-state index in [0.717, 1.165) is 12.1 Å². The standard InChI is InChI=1S/C9H19N/c1-5-8(4)6-9(10)7(2)3/h7-8,10H,5-6H2,1-4H3. The van der Waals surface area contributed by atoms with Gasteiger partial charge >= 0.3 is 0 Å². The molecule has 0 bridgehead atoms. The third-order valence-corrected chi connectivity index (χ3v) is 1.96. The fourth-order valence-corrected chi connectivity index (χ4v) is 0.755. The van der Waals surface area contributed by atoms with Crippen molar-refractivity contribution in [3.8, 4) is 0 Å². The highest BCUT2D eigenvalue weighted by Crippen LogP contribution is 2.10. The van der Waals surface area contributed by atoms with Crippen LogP contribution in [0.4, 0.5) is 0 Å². The maximum atomic E-state index is 7.58. The van der Waals surface area contributed by atoms with E-state index in [1.54, 1.807) is 0 Å². The van der Waals surface area contributed by atoms with E-state index in [2.05, 4.69) is 27.7 Å². The van der Waals surface area contributed by atoms with E-state index in [1.165, 1.54) is 6.42 Å². The lowest BCUT2D eigenvalue weighted by Crippen LogP contribution is -2.09. The second kappa shape index (κ2) is 4.48. The molecule has 1 nitrogen and oxygen atoms in total. The van der Waals surface area contributed by atoms with Gasteiger partial charge < -0.3 is 5.41 Å². The Morgan fingerprint density at radius 2 is 1.80 bits per heavy atom. The van der Waals surface area contributed by atoms with Crippen molar-refractivity contribution in [1.82, 2.24) is 0 Å². The van der Waals surface area contributed by atoms with Crippen molar-refractivity contribution in [2.24, 2.45) is 11.8 Å². The van der Waals surface area contributed by atoms with Gasteiger partial charge in [0.2, 0.25) is 0 Å². The van der Waals surface area contributed by atoms with E-state index in [0.29, 0.717) is 11.8 Å². The molecular weight excluding hydrogens is 122 g/mol. The zero-order valence-electron chi connectivity index (χ0n) is 7.57. The predicted octanol–water partition coefficient (Wildman–Crippen LogP) is 3.10. The van der Waals surface area contributed by atoms with Crippen LogP contribution < -0.4 is 0 Å². The summed E-state index contributed by atoms with van der Waals surface area (Å²) in [5, 5.41) is 7.58. The zero-order valence-corrected chi connectivity index (χ0v) is 7.57. The molecule has 0 aromatic rings. The monoisotopic (exact) mass is 141 g/mol. The second-order valence-corrected chi connectivity index (χ2v) is 3.40. The molecule has 0 heterocycles. The molecule has 1 N–H and O–H groups in total. The molecule has 0 saturated heterocycles. The summed E-state index contributed by atoms with van der Waals surface area (Å²) >= 11 is 0. The van der Waals surface area contributed by atoms with Gasteiger partial charge in [-0.05, 0) is 18.3 Å². The first-order valence-corrected chi connectivity index (χ1v) is 4.15. The Labute approximate surface area is 64.3 Å². The number of hydrogen-bond acceptors (Lipinski definition) is 1. The summed E-state index contributed by atoms with van der Waals surface area (Å²) in [5.41, 5.74) is 0.898. The molecule has 0 radical (unpaired) electrons. The van der Waals surface area contributed by atoms with Gasteiger partial charge in [-0.3, -0.25) is 0 Å². The van der Waals surface area contributed by atoms with Crippen LogP contribution in [0.3, 0.4) is 0 Å². The van der Waals surface area contributed by atoms with Crippen LogP contribution >= 0.6 is 0 Å². The molecule has 0 aliphatic heterocycles. The third-order valence-electron chi connectivity index (χ3n) is 1.96. The molecule has 0 aliphatic carbocycles. The summed E-state index contributed by atoms with van der Waals surface area (Å²) in [6.07, 6.45) is 2.17. The average molecular weight is 141 g/mol. The van der Waals surface area contributed by atoms with Crippen molar-refractivity contribution in [3.05, 3.63) is 0 Å². The Morgan fingerprint density at radius 1 is 1.30 bits per heavy atom. The van der Waals surface area contributed by atoms with Crippen LogP contribution in [-0.4, -0.2) is 5.71 Å². The molecule has 1 atom stereocenters. The Balaban J connectivity index is 3.57. The first-order valence-electron chi connectivity index (χ1n) is 4.15. The molecule has 0 saturated carbocycles. The van der Waals surface area contributed by atoms with Crippen molar-refractivity contribution >= 4 is 5.71 Å². The third kappa shape index (κ3) is 3.65. The summed E-state index contributed by atoms with van der Waals surface area (Å²) < 4.78 is 0. The molecule has 0 aromatic heterocycles. The molecule has 0 aromatic carbocycles. The average Bonchev–Trinajstić information content (AvgIpc) is 1.87. The van der Waals surface area contributed by atoms with Crippen LogP contribution in [0.5, 0.6) is 0 Å². The molecule has 1 unspecified atom stereocenters. The molecule has 60 valence electrons. The predicted molar refractivity (Wildman–Crippen MR) is 46.6 cm³/mol. The molecule has 10 heavy (non-hydrogen) atoms. The van der Waals surface area contributed by atoms with Gasteiger partial charge in [0, 0.05) is 5.71 Å². The van der Waals surface area contributed by atoms with Gasteiger partial charge in [-0.25, -0.2) is 0 Å². The number of nitrogens with one attached hydrogen (secondary N) is 1. The van der Waals surface area contributed by atoms with Crippen LogP contribution in [0.15, 0.2) is 0 Å². The van der Waals surface area contributed by atoms with Crippen LogP contribution in [0.1, 0.15) is 40.5 Å². The molecule has 0 spiro atoms. The van der Waals surface area contributed by atoms with E-state index >= 15 is 0 Å². The van der Waals surface area contributed by atoms with Crippen molar-refractivity contribution in [1.29, 1.82) is 5.41 Å². The SMILES string of the molecule is CCC(C)CC(=N)C(C)C. The lowest BCUT2D eigenvalue weighted by molar-refractivity contribution is 0.573. The second-order valence-electron chi connectivity index (χ2n) is 3.40. The summed E-state index contributed by atoms with van der Waals surface area (Å²) in [5.74, 6) is 1.13. The molecule has 0 fully saturated rings. The Morgan fingerprint density at radius 3 is 2.10 bits per heavy atom. The highest BCUT2D eigenvalue weighted by atomic mass is 14.4.